The maximum atomic E-state index is 13.3. The molecule has 98 valence electrons. The van der Waals surface area contributed by atoms with Crippen molar-refractivity contribution in [1.82, 2.24) is 0 Å². The minimum Gasteiger partial charge on any atom is -0.204 e. The molecule has 0 aliphatic rings. The first-order valence-corrected chi connectivity index (χ1v) is 5.26. The van der Waals surface area contributed by atoms with Gasteiger partial charge in [0.2, 0.25) is 0 Å². The molecule has 0 heterocycles. The third-order valence-corrected chi connectivity index (χ3v) is 2.65. The number of nitriles is 2. The van der Waals surface area contributed by atoms with Gasteiger partial charge in [0.1, 0.15) is 0 Å². The van der Waals surface area contributed by atoms with Crippen LogP contribution in [-0.4, -0.2) is 0 Å². The molecule has 0 radical (unpaired) electrons. The summed E-state index contributed by atoms with van der Waals surface area (Å²) < 4.78 is 52.6. The summed E-state index contributed by atoms with van der Waals surface area (Å²) in [4.78, 5) is 0. The molecule has 0 spiro atoms. The van der Waals surface area contributed by atoms with Crippen LogP contribution >= 0.6 is 0 Å². The lowest BCUT2D eigenvalue weighted by Gasteiger charge is -2.08. The Labute approximate surface area is 111 Å². The Morgan fingerprint density at radius 2 is 0.900 bits per heavy atom. The van der Waals surface area contributed by atoms with Crippen LogP contribution < -0.4 is 0 Å². The van der Waals surface area contributed by atoms with E-state index in [1.54, 1.807) is 12.1 Å². The van der Waals surface area contributed by atoms with E-state index in [2.05, 4.69) is 0 Å². The van der Waals surface area contributed by atoms with Crippen LogP contribution in [0.4, 0.5) is 17.6 Å². The number of hydrogen-bond acceptors (Lipinski definition) is 2. The first-order chi connectivity index (χ1) is 9.47. The number of benzene rings is 2. The van der Waals surface area contributed by atoms with E-state index in [0.29, 0.717) is 24.3 Å². The molecule has 0 aliphatic heterocycles. The maximum Gasteiger partial charge on any atom is 0.160 e. The van der Waals surface area contributed by atoms with Crippen molar-refractivity contribution in [3.05, 3.63) is 58.7 Å². The molecule has 20 heavy (non-hydrogen) atoms. The molecule has 6 heteroatoms. The van der Waals surface area contributed by atoms with E-state index in [-0.39, 0.29) is 22.3 Å². The predicted octanol–water partition coefficient (Wildman–Crippen LogP) is 3.65. The largest absolute Gasteiger partial charge is 0.204 e. The standard InChI is InChI=1S/C14H4F4N2/c15-11-1-7(5-19)9(3-13(11)17)10-4-14(18)12(16)2-8(10)6-20/h1-4H. The zero-order chi connectivity index (χ0) is 14.9. The summed E-state index contributed by atoms with van der Waals surface area (Å²) in [6.45, 7) is 0. The highest BCUT2D eigenvalue weighted by Gasteiger charge is 2.17. The molecule has 0 fully saturated rings. The second-order valence-corrected chi connectivity index (χ2v) is 3.85. The molecule has 0 aliphatic carbocycles. The SMILES string of the molecule is N#Cc1cc(F)c(F)cc1-c1cc(F)c(F)cc1C#N. The Morgan fingerprint density at radius 3 is 1.20 bits per heavy atom. The fraction of sp³-hybridized carbons (Fsp3) is 0. The van der Waals surface area contributed by atoms with E-state index in [1.807, 2.05) is 0 Å². The third kappa shape index (κ3) is 2.19. The highest BCUT2D eigenvalue weighted by molar-refractivity contribution is 5.75. The minimum absolute atomic E-state index is 0.179. The molecule has 0 atom stereocenters. The lowest BCUT2D eigenvalue weighted by Crippen LogP contribution is -1.96. The van der Waals surface area contributed by atoms with Crippen molar-refractivity contribution in [2.45, 2.75) is 0 Å². The molecule has 2 rings (SSSR count). The molecule has 2 nitrogen and oxygen atoms in total. The van der Waals surface area contributed by atoms with Crippen LogP contribution in [0.1, 0.15) is 11.1 Å². The van der Waals surface area contributed by atoms with E-state index in [1.165, 1.54) is 0 Å². The van der Waals surface area contributed by atoms with Crippen LogP contribution in [0.2, 0.25) is 0 Å². The Bertz CT molecular complexity index is 718. The summed E-state index contributed by atoms with van der Waals surface area (Å²) in [7, 11) is 0. The van der Waals surface area contributed by atoms with Crippen molar-refractivity contribution in [1.29, 1.82) is 10.5 Å². The lowest BCUT2D eigenvalue weighted by atomic mass is 9.95. The maximum absolute atomic E-state index is 13.3. The summed E-state index contributed by atoms with van der Waals surface area (Å²) in [5, 5.41) is 17.8. The van der Waals surface area contributed by atoms with E-state index in [4.69, 9.17) is 10.5 Å². The van der Waals surface area contributed by atoms with E-state index < -0.39 is 23.3 Å². The third-order valence-electron chi connectivity index (χ3n) is 2.65. The van der Waals surface area contributed by atoms with Crippen LogP contribution in [0.5, 0.6) is 0 Å². The number of halogens is 4. The molecule has 0 unspecified atom stereocenters. The Hall–Kier alpha value is -2.86. The topological polar surface area (TPSA) is 47.6 Å². The van der Waals surface area contributed by atoms with Crippen LogP contribution in [0.25, 0.3) is 11.1 Å². The quantitative estimate of drug-likeness (QED) is 0.746. The molecule has 2 aromatic rings. The van der Waals surface area contributed by atoms with Gasteiger partial charge in [-0.2, -0.15) is 10.5 Å². The molecule has 0 saturated carbocycles. The minimum atomic E-state index is -1.26. The van der Waals surface area contributed by atoms with Gasteiger partial charge in [-0.15, -0.1) is 0 Å². The fourth-order valence-corrected chi connectivity index (χ4v) is 1.72. The van der Waals surface area contributed by atoms with Gasteiger partial charge < -0.3 is 0 Å². The van der Waals surface area contributed by atoms with E-state index >= 15 is 0 Å². The van der Waals surface area contributed by atoms with Gasteiger partial charge in [0, 0.05) is 11.1 Å². The zero-order valence-corrected chi connectivity index (χ0v) is 9.72. The van der Waals surface area contributed by atoms with Gasteiger partial charge in [-0.25, -0.2) is 17.6 Å². The molecular formula is C14H4F4N2. The zero-order valence-electron chi connectivity index (χ0n) is 9.72. The molecule has 0 saturated heterocycles. The van der Waals surface area contributed by atoms with E-state index in [9.17, 15) is 17.6 Å². The van der Waals surface area contributed by atoms with Crippen molar-refractivity contribution in [3.8, 4) is 23.3 Å². The van der Waals surface area contributed by atoms with Crippen LogP contribution in [-0.2, 0) is 0 Å². The number of rotatable bonds is 1. The monoisotopic (exact) mass is 276 g/mol. The molecule has 0 aromatic heterocycles. The number of nitrogens with zero attached hydrogens (tertiary/aromatic N) is 2. The van der Waals surface area contributed by atoms with Gasteiger partial charge in [0.15, 0.2) is 23.3 Å². The summed E-state index contributed by atoms with van der Waals surface area (Å²) in [6, 6.07) is 5.83. The molecule has 0 bridgehead atoms. The average molecular weight is 276 g/mol. The fourth-order valence-electron chi connectivity index (χ4n) is 1.72. The smallest absolute Gasteiger partial charge is 0.160 e. The first-order valence-electron chi connectivity index (χ1n) is 5.26. The van der Waals surface area contributed by atoms with Crippen molar-refractivity contribution in [2.24, 2.45) is 0 Å². The Kier molecular flexibility index (Phi) is 3.41. The Balaban J connectivity index is 2.82. The summed E-state index contributed by atoms with van der Waals surface area (Å²) in [6.07, 6.45) is 0. The van der Waals surface area contributed by atoms with Gasteiger partial charge in [-0.1, -0.05) is 0 Å². The summed E-state index contributed by atoms with van der Waals surface area (Å²) in [5.74, 6) is -5.00. The second kappa shape index (κ2) is 5.02. The van der Waals surface area contributed by atoms with Gasteiger partial charge >= 0.3 is 0 Å². The van der Waals surface area contributed by atoms with Crippen LogP contribution in [0, 0.1) is 45.9 Å². The van der Waals surface area contributed by atoms with Crippen LogP contribution in [0.3, 0.4) is 0 Å². The molecule has 2 aromatic carbocycles. The van der Waals surface area contributed by atoms with Gasteiger partial charge in [0.05, 0.1) is 23.3 Å². The normalized spacial score (nSPS) is 9.90. The predicted molar refractivity (Wildman–Crippen MR) is 61.1 cm³/mol. The van der Waals surface area contributed by atoms with Crippen molar-refractivity contribution < 1.29 is 17.6 Å². The highest BCUT2D eigenvalue weighted by atomic mass is 19.2. The second-order valence-electron chi connectivity index (χ2n) is 3.85. The van der Waals surface area contributed by atoms with Crippen molar-refractivity contribution >= 4 is 0 Å². The highest BCUT2D eigenvalue weighted by Crippen LogP contribution is 2.30. The first kappa shape index (κ1) is 13.6. The summed E-state index contributed by atoms with van der Waals surface area (Å²) in [5.41, 5.74) is -0.929. The molecular weight excluding hydrogens is 272 g/mol. The Morgan fingerprint density at radius 1 is 0.600 bits per heavy atom. The molecule has 0 N–H and O–H groups in total. The van der Waals surface area contributed by atoms with Crippen molar-refractivity contribution in [3.63, 3.8) is 0 Å². The van der Waals surface area contributed by atoms with Crippen LogP contribution in [0.15, 0.2) is 24.3 Å². The van der Waals surface area contributed by atoms with Crippen molar-refractivity contribution in [2.75, 3.05) is 0 Å². The summed E-state index contributed by atoms with van der Waals surface area (Å²) >= 11 is 0. The van der Waals surface area contributed by atoms with E-state index in [0.717, 1.165) is 0 Å². The number of hydrogen-bond donors (Lipinski definition) is 0. The van der Waals surface area contributed by atoms with Gasteiger partial charge in [-0.3, -0.25) is 0 Å². The lowest BCUT2D eigenvalue weighted by molar-refractivity contribution is 0.507. The van der Waals surface area contributed by atoms with Gasteiger partial charge in [0.25, 0.3) is 0 Å². The van der Waals surface area contributed by atoms with Gasteiger partial charge in [-0.05, 0) is 24.3 Å². The average Bonchev–Trinajstić information content (AvgIpc) is 2.43. The molecule has 0 amide bonds.